The van der Waals surface area contributed by atoms with E-state index in [2.05, 4.69) is 5.32 Å². The largest absolute Gasteiger partial charge is 0.495 e. The molecular weight excluding hydrogens is 266 g/mol. The van der Waals surface area contributed by atoms with Crippen molar-refractivity contribution in [3.05, 3.63) is 34.9 Å². The second-order valence-corrected chi connectivity index (χ2v) is 5.26. The molecule has 3 rings (SSSR count). The van der Waals surface area contributed by atoms with Gasteiger partial charge >= 0.3 is 5.97 Å². The Morgan fingerprint density at radius 1 is 1.53 bits per heavy atom. The quantitative estimate of drug-likeness (QED) is 0.817. The molecule has 0 fully saturated rings. The van der Waals surface area contributed by atoms with E-state index in [0.29, 0.717) is 16.5 Å². The number of methoxy groups -OCH3 is 1. The lowest BCUT2D eigenvalue weighted by Crippen LogP contribution is -2.42. The Balaban J connectivity index is 2.17. The Bertz CT molecular complexity index is 570. The maximum Gasteiger partial charge on any atom is 0.326 e. The zero-order chi connectivity index (χ0) is 13.6. The van der Waals surface area contributed by atoms with E-state index in [9.17, 15) is 9.90 Å². The number of rotatable bonds is 2. The maximum absolute atomic E-state index is 11.4. The van der Waals surface area contributed by atoms with Crippen LogP contribution in [0.5, 0.6) is 5.75 Å². The van der Waals surface area contributed by atoms with Crippen molar-refractivity contribution in [2.75, 3.05) is 12.4 Å². The third kappa shape index (κ3) is 1.78. The number of carboxylic acids is 1. The van der Waals surface area contributed by atoms with E-state index in [-0.39, 0.29) is 11.8 Å². The Morgan fingerprint density at radius 3 is 3.00 bits per heavy atom. The van der Waals surface area contributed by atoms with Gasteiger partial charge in [0.2, 0.25) is 0 Å². The highest BCUT2D eigenvalue weighted by Gasteiger charge is 2.42. The van der Waals surface area contributed by atoms with Crippen LogP contribution in [0.25, 0.3) is 0 Å². The van der Waals surface area contributed by atoms with Gasteiger partial charge in [-0.05, 0) is 18.6 Å². The van der Waals surface area contributed by atoms with E-state index in [1.54, 1.807) is 19.2 Å². The highest BCUT2D eigenvalue weighted by molar-refractivity contribution is 6.32. The van der Waals surface area contributed by atoms with Crippen LogP contribution in [0.4, 0.5) is 5.69 Å². The van der Waals surface area contributed by atoms with Crippen LogP contribution in [0, 0.1) is 5.92 Å². The van der Waals surface area contributed by atoms with Crippen LogP contribution in [-0.4, -0.2) is 24.2 Å². The van der Waals surface area contributed by atoms with E-state index in [4.69, 9.17) is 16.3 Å². The number of aliphatic carboxylic acids is 1. The van der Waals surface area contributed by atoms with Gasteiger partial charge in [0.25, 0.3) is 0 Å². The number of halogens is 1. The van der Waals surface area contributed by atoms with Crippen molar-refractivity contribution < 1.29 is 14.6 Å². The summed E-state index contributed by atoms with van der Waals surface area (Å²) in [4.78, 5) is 11.4. The number of carbonyl (C=O) groups is 1. The van der Waals surface area contributed by atoms with Crippen molar-refractivity contribution in [3.63, 3.8) is 0 Å². The van der Waals surface area contributed by atoms with E-state index < -0.39 is 12.0 Å². The highest BCUT2D eigenvalue weighted by Crippen LogP contribution is 2.50. The Hall–Kier alpha value is -1.68. The normalized spacial score (nSPS) is 27.4. The number of ether oxygens (including phenoxy) is 1. The van der Waals surface area contributed by atoms with Gasteiger partial charge in [-0.1, -0.05) is 23.8 Å². The van der Waals surface area contributed by atoms with Crippen molar-refractivity contribution >= 4 is 23.3 Å². The van der Waals surface area contributed by atoms with Crippen LogP contribution < -0.4 is 10.1 Å². The molecule has 0 bridgehead atoms. The molecule has 3 atom stereocenters. The number of nitrogens with one attached hydrogen (secondary N) is 1. The molecule has 1 aromatic carbocycles. The minimum absolute atomic E-state index is 0.00889. The van der Waals surface area contributed by atoms with Crippen molar-refractivity contribution in [1.82, 2.24) is 0 Å². The first-order chi connectivity index (χ1) is 9.13. The van der Waals surface area contributed by atoms with Crippen molar-refractivity contribution in [1.29, 1.82) is 0 Å². The fourth-order valence-corrected chi connectivity index (χ4v) is 3.34. The second-order valence-electron chi connectivity index (χ2n) is 4.85. The third-order valence-electron chi connectivity index (χ3n) is 3.91. The van der Waals surface area contributed by atoms with Gasteiger partial charge in [0.05, 0.1) is 12.8 Å². The average molecular weight is 280 g/mol. The van der Waals surface area contributed by atoms with Gasteiger partial charge in [0.15, 0.2) is 0 Å². The number of hydrogen-bond donors (Lipinski definition) is 2. The predicted octanol–water partition coefficient (Wildman–Crippen LogP) is 2.89. The number of fused-ring (bicyclic) bond motifs is 3. The first kappa shape index (κ1) is 12.4. The van der Waals surface area contributed by atoms with Crippen LogP contribution >= 0.6 is 11.6 Å². The van der Waals surface area contributed by atoms with Crippen LogP contribution in [-0.2, 0) is 4.79 Å². The Morgan fingerprint density at radius 2 is 2.32 bits per heavy atom. The summed E-state index contributed by atoms with van der Waals surface area (Å²) in [6.45, 7) is 0. The van der Waals surface area contributed by atoms with Crippen LogP contribution in [0.2, 0.25) is 5.02 Å². The van der Waals surface area contributed by atoms with E-state index in [0.717, 1.165) is 12.0 Å². The van der Waals surface area contributed by atoms with Gasteiger partial charge in [0, 0.05) is 22.4 Å². The fraction of sp³-hybridized carbons (Fsp3) is 0.357. The lowest BCUT2D eigenvalue weighted by Gasteiger charge is -2.35. The van der Waals surface area contributed by atoms with Gasteiger partial charge in [-0.25, -0.2) is 4.79 Å². The second kappa shape index (κ2) is 4.46. The molecule has 4 nitrogen and oxygen atoms in total. The third-order valence-corrected chi connectivity index (χ3v) is 4.24. The molecule has 0 radical (unpaired) electrons. The molecule has 100 valence electrons. The zero-order valence-corrected chi connectivity index (χ0v) is 11.1. The number of anilines is 1. The monoisotopic (exact) mass is 279 g/mol. The molecule has 0 unspecified atom stereocenters. The van der Waals surface area contributed by atoms with Gasteiger partial charge in [-0.3, -0.25) is 0 Å². The summed E-state index contributed by atoms with van der Waals surface area (Å²) in [5.74, 6) is -0.162. The minimum Gasteiger partial charge on any atom is -0.495 e. The molecule has 2 aliphatic rings. The predicted molar refractivity (Wildman–Crippen MR) is 73.0 cm³/mol. The summed E-state index contributed by atoms with van der Waals surface area (Å²) in [7, 11) is 1.57. The zero-order valence-electron chi connectivity index (χ0n) is 10.4. The molecule has 1 heterocycles. The van der Waals surface area contributed by atoms with Gasteiger partial charge in [-0.2, -0.15) is 0 Å². The molecule has 1 aromatic rings. The molecule has 0 saturated carbocycles. The standard InChI is InChI=1S/C14H14ClNO3/c1-19-10-6-5-9(15)11-7-3-2-4-8(7)12(14(17)18)16-13(10)11/h2-3,5-8,12,16H,4H2,1H3,(H,17,18)/t7-,8+,12-/m1/s1. The lowest BCUT2D eigenvalue weighted by atomic mass is 9.79. The molecule has 1 aliphatic carbocycles. The molecule has 19 heavy (non-hydrogen) atoms. The first-order valence-electron chi connectivity index (χ1n) is 6.16. The van der Waals surface area contributed by atoms with E-state index in [1.165, 1.54) is 0 Å². The van der Waals surface area contributed by atoms with Crippen molar-refractivity contribution in [2.45, 2.75) is 18.4 Å². The first-order valence-corrected chi connectivity index (χ1v) is 6.53. The number of carboxylic acid groups (broad SMARTS) is 1. The molecule has 1 aliphatic heterocycles. The smallest absolute Gasteiger partial charge is 0.326 e. The summed E-state index contributed by atoms with van der Waals surface area (Å²) in [6.07, 6.45) is 4.82. The van der Waals surface area contributed by atoms with E-state index in [1.807, 2.05) is 12.2 Å². The summed E-state index contributed by atoms with van der Waals surface area (Å²) in [5, 5.41) is 13.1. The van der Waals surface area contributed by atoms with E-state index >= 15 is 0 Å². The maximum atomic E-state index is 11.4. The molecule has 0 amide bonds. The number of benzene rings is 1. The molecular formula is C14H14ClNO3. The topological polar surface area (TPSA) is 58.6 Å². The lowest BCUT2D eigenvalue weighted by molar-refractivity contribution is -0.139. The SMILES string of the molecule is COc1ccc(Cl)c2c1N[C@@H](C(=O)O)[C@H]1CC=C[C@@H]21. The summed E-state index contributed by atoms with van der Waals surface area (Å²) in [6, 6.07) is 2.94. The van der Waals surface area contributed by atoms with Gasteiger partial charge < -0.3 is 15.2 Å². The molecule has 0 saturated heterocycles. The van der Waals surface area contributed by atoms with Crippen LogP contribution in [0.3, 0.4) is 0 Å². The van der Waals surface area contributed by atoms with Crippen molar-refractivity contribution in [2.24, 2.45) is 5.92 Å². The van der Waals surface area contributed by atoms with Crippen LogP contribution in [0.15, 0.2) is 24.3 Å². The molecule has 0 spiro atoms. The summed E-state index contributed by atoms with van der Waals surface area (Å²) >= 11 is 6.29. The summed E-state index contributed by atoms with van der Waals surface area (Å²) in [5.41, 5.74) is 1.65. The highest BCUT2D eigenvalue weighted by atomic mass is 35.5. The molecule has 0 aromatic heterocycles. The average Bonchev–Trinajstić information content (AvgIpc) is 2.86. The minimum atomic E-state index is -0.841. The molecule has 2 N–H and O–H groups in total. The van der Waals surface area contributed by atoms with Gasteiger partial charge in [0.1, 0.15) is 11.8 Å². The fourth-order valence-electron chi connectivity index (χ4n) is 3.05. The number of hydrogen-bond acceptors (Lipinski definition) is 3. The molecule has 5 heteroatoms. The van der Waals surface area contributed by atoms with Crippen LogP contribution in [0.1, 0.15) is 17.9 Å². The summed E-state index contributed by atoms with van der Waals surface area (Å²) < 4.78 is 5.31. The number of allylic oxidation sites excluding steroid dienone is 2. The Labute approximate surface area is 116 Å². The van der Waals surface area contributed by atoms with Gasteiger partial charge in [-0.15, -0.1) is 0 Å². The van der Waals surface area contributed by atoms with Crippen molar-refractivity contribution in [3.8, 4) is 5.75 Å². The Kier molecular flexibility index (Phi) is 2.90.